The highest BCUT2D eigenvalue weighted by atomic mass is 32.1. The Morgan fingerprint density at radius 1 is 1.22 bits per heavy atom. The van der Waals surface area contributed by atoms with Crippen LogP contribution in [0.1, 0.15) is 25.0 Å². The van der Waals surface area contributed by atoms with Crippen LogP contribution in [0.5, 0.6) is 0 Å². The van der Waals surface area contributed by atoms with Crippen molar-refractivity contribution in [1.29, 1.82) is 0 Å². The maximum absolute atomic E-state index is 14.1. The first-order valence-electron chi connectivity index (χ1n) is 7.49. The molecule has 3 heterocycles. The molecule has 0 spiro atoms. The van der Waals surface area contributed by atoms with Crippen molar-refractivity contribution in [3.8, 4) is 9.88 Å². The fourth-order valence-corrected chi connectivity index (χ4v) is 4.45. The molecule has 3 aromatic heterocycles. The lowest BCUT2D eigenvalue weighted by Gasteiger charge is -2.41. The molecule has 1 aliphatic carbocycles. The first-order valence-corrected chi connectivity index (χ1v) is 9.19. The maximum Gasteiger partial charge on any atom is 0.206 e. The van der Waals surface area contributed by atoms with E-state index in [1.165, 1.54) is 17.4 Å². The standard InChI is InChI=1S/C16H15FN4S2/c17-11-4-1-8-18-13(11)16(6-3-7-16)10-19-15-21-20-14(23-15)12-5-2-9-22-12/h1-2,4-5,8-9H,3,6-7,10H2,(H,19,21). The number of nitrogens with one attached hydrogen (secondary N) is 1. The maximum atomic E-state index is 14.1. The first kappa shape index (κ1) is 14.7. The van der Waals surface area contributed by atoms with Crippen LogP contribution in [-0.2, 0) is 5.41 Å². The molecule has 4 rings (SSSR count). The summed E-state index contributed by atoms with van der Waals surface area (Å²) in [6, 6.07) is 7.16. The van der Waals surface area contributed by atoms with Gasteiger partial charge in [0.05, 0.1) is 10.6 Å². The van der Waals surface area contributed by atoms with E-state index in [1.807, 2.05) is 17.5 Å². The lowest BCUT2D eigenvalue weighted by Crippen LogP contribution is -2.42. The average Bonchev–Trinajstić information content (AvgIpc) is 3.18. The number of rotatable bonds is 5. The Kier molecular flexibility index (Phi) is 3.82. The van der Waals surface area contributed by atoms with E-state index >= 15 is 0 Å². The third kappa shape index (κ3) is 2.74. The summed E-state index contributed by atoms with van der Waals surface area (Å²) in [7, 11) is 0. The molecule has 0 atom stereocenters. The molecular weight excluding hydrogens is 331 g/mol. The van der Waals surface area contributed by atoms with Crippen LogP contribution in [-0.4, -0.2) is 21.7 Å². The Morgan fingerprint density at radius 2 is 2.13 bits per heavy atom. The number of hydrogen-bond acceptors (Lipinski definition) is 6. The number of hydrogen-bond donors (Lipinski definition) is 1. The van der Waals surface area contributed by atoms with E-state index in [1.54, 1.807) is 23.6 Å². The van der Waals surface area contributed by atoms with Crippen molar-refractivity contribution >= 4 is 27.8 Å². The molecule has 0 bridgehead atoms. The first-order chi connectivity index (χ1) is 11.3. The number of halogens is 1. The summed E-state index contributed by atoms with van der Waals surface area (Å²) in [6.45, 7) is 0.639. The van der Waals surface area contributed by atoms with Crippen LogP contribution in [0, 0.1) is 5.82 Å². The van der Waals surface area contributed by atoms with Crippen LogP contribution in [0.25, 0.3) is 9.88 Å². The minimum absolute atomic E-state index is 0.217. The monoisotopic (exact) mass is 346 g/mol. The average molecular weight is 346 g/mol. The summed E-state index contributed by atoms with van der Waals surface area (Å²) < 4.78 is 14.1. The lowest BCUT2D eigenvalue weighted by molar-refractivity contribution is 0.243. The highest BCUT2D eigenvalue weighted by Crippen LogP contribution is 2.44. The third-order valence-corrected chi connectivity index (χ3v) is 6.23. The highest BCUT2D eigenvalue weighted by molar-refractivity contribution is 7.22. The van der Waals surface area contributed by atoms with Gasteiger partial charge in [-0.1, -0.05) is 23.8 Å². The summed E-state index contributed by atoms with van der Waals surface area (Å²) in [5.41, 5.74) is 0.349. The Bertz CT molecular complexity index is 796. The molecule has 4 nitrogen and oxygen atoms in total. The zero-order valence-electron chi connectivity index (χ0n) is 12.3. The second-order valence-corrected chi connectivity index (χ2v) is 7.64. The van der Waals surface area contributed by atoms with E-state index in [4.69, 9.17) is 0 Å². The second kappa shape index (κ2) is 5.98. The van der Waals surface area contributed by atoms with Gasteiger partial charge in [0, 0.05) is 18.2 Å². The quantitative estimate of drug-likeness (QED) is 0.747. The Labute approximate surface area is 141 Å². The van der Waals surface area contributed by atoms with Crippen molar-refractivity contribution in [2.24, 2.45) is 0 Å². The molecule has 0 saturated heterocycles. The molecule has 23 heavy (non-hydrogen) atoms. The molecular formula is C16H15FN4S2. The minimum atomic E-state index is -0.222. The smallest absolute Gasteiger partial charge is 0.206 e. The number of pyridine rings is 1. The largest absolute Gasteiger partial charge is 0.359 e. The molecule has 1 aliphatic rings. The molecule has 0 radical (unpaired) electrons. The van der Waals surface area contributed by atoms with Crippen LogP contribution in [0.15, 0.2) is 35.8 Å². The zero-order chi connectivity index (χ0) is 15.7. The van der Waals surface area contributed by atoms with Gasteiger partial charge < -0.3 is 5.32 Å². The number of aromatic nitrogens is 3. The van der Waals surface area contributed by atoms with Crippen LogP contribution in [0.3, 0.4) is 0 Å². The molecule has 0 aliphatic heterocycles. The van der Waals surface area contributed by atoms with E-state index in [9.17, 15) is 4.39 Å². The second-order valence-electron chi connectivity index (χ2n) is 5.71. The van der Waals surface area contributed by atoms with Crippen molar-refractivity contribution in [1.82, 2.24) is 15.2 Å². The lowest BCUT2D eigenvalue weighted by atomic mass is 9.66. The predicted octanol–water partition coefficient (Wildman–Crippen LogP) is 4.33. The van der Waals surface area contributed by atoms with Crippen LogP contribution < -0.4 is 5.32 Å². The molecule has 1 fully saturated rings. The van der Waals surface area contributed by atoms with E-state index < -0.39 is 0 Å². The van der Waals surface area contributed by atoms with Gasteiger partial charge in [0.25, 0.3) is 0 Å². The van der Waals surface area contributed by atoms with Gasteiger partial charge in [-0.05, 0) is 36.4 Å². The van der Waals surface area contributed by atoms with Gasteiger partial charge in [-0.3, -0.25) is 4.98 Å². The summed E-state index contributed by atoms with van der Waals surface area (Å²) in [4.78, 5) is 5.40. The third-order valence-electron chi connectivity index (χ3n) is 4.31. The SMILES string of the molecule is Fc1cccnc1C1(CNc2nnc(-c3cccs3)s2)CCC1. The van der Waals surface area contributed by atoms with E-state index in [0.29, 0.717) is 12.2 Å². The van der Waals surface area contributed by atoms with Gasteiger partial charge in [-0.2, -0.15) is 0 Å². The normalized spacial score (nSPS) is 16.0. The fourth-order valence-electron chi connectivity index (χ4n) is 2.92. The van der Waals surface area contributed by atoms with E-state index in [-0.39, 0.29) is 11.2 Å². The van der Waals surface area contributed by atoms with Gasteiger partial charge in [0.1, 0.15) is 5.82 Å². The highest BCUT2D eigenvalue weighted by Gasteiger charge is 2.41. The summed E-state index contributed by atoms with van der Waals surface area (Å²) in [6.07, 6.45) is 4.67. The summed E-state index contributed by atoms with van der Waals surface area (Å²) in [5.74, 6) is -0.217. The van der Waals surface area contributed by atoms with E-state index in [0.717, 1.165) is 34.3 Å². The molecule has 1 N–H and O–H groups in total. The van der Waals surface area contributed by atoms with Crippen molar-refractivity contribution in [2.75, 3.05) is 11.9 Å². The predicted molar refractivity (Wildman–Crippen MR) is 91.4 cm³/mol. The van der Waals surface area contributed by atoms with E-state index in [2.05, 4.69) is 20.5 Å². The van der Waals surface area contributed by atoms with Gasteiger partial charge in [0.2, 0.25) is 5.13 Å². The summed E-state index contributed by atoms with van der Waals surface area (Å²) in [5, 5.41) is 15.5. The molecule has 0 unspecified atom stereocenters. The van der Waals surface area contributed by atoms with Crippen molar-refractivity contribution in [3.63, 3.8) is 0 Å². The number of nitrogens with zero attached hydrogens (tertiary/aromatic N) is 3. The van der Waals surface area contributed by atoms with Gasteiger partial charge >= 0.3 is 0 Å². The molecule has 118 valence electrons. The number of anilines is 1. The Morgan fingerprint density at radius 3 is 2.83 bits per heavy atom. The van der Waals surface area contributed by atoms with Crippen molar-refractivity contribution < 1.29 is 4.39 Å². The zero-order valence-corrected chi connectivity index (χ0v) is 14.0. The van der Waals surface area contributed by atoms with Crippen molar-refractivity contribution in [3.05, 3.63) is 47.4 Å². The summed E-state index contributed by atoms with van der Waals surface area (Å²) >= 11 is 3.18. The number of thiophene rings is 1. The van der Waals surface area contributed by atoms with Crippen molar-refractivity contribution in [2.45, 2.75) is 24.7 Å². The van der Waals surface area contributed by atoms with Gasteiger partial charge in [-0.15, -0.1) is 21.5 Å². The Hall–Kier alpha value is -1.86. The van der Waals surface area contributed by atoms with Gasteiger partial charge in [0.15, 0.2) is 5.01 Å². The molecule has 7 heteroatoms. The molecule has 1 saturated carbocycles. The van der Waals surface area contributed by atoms with Gasteiger partial charge in [-0.25, -0.2) is 4.39 Å². The minimum Gasteiger partial charge on any atom is -0.359 e. The molecule has 3 aromatic rings. The van der Waals surface area contributed by atoms with Crippen LogP contribution in [0.2, 0.25) is 0 Å². The Balaban J connectivity index is 1.51. The molecule has 0 aromatic carbocycles. The fraction of sp³-hybridized carbons (Fsp3) is 0.312. The van der Waals surface area contributed by atoms with Crippen LogP contribution >= 0.6 is 22.7 Å². The topological polar surface area (TPSA) is 50.7 Å². The molecule has 0 amide bonds. The van der Waals surface area contributed by atoms with Crippen LogP contribution in [0.4, 0.5) is 9.52 Å².